The van der Waals surface area contributed by atoms with Gasteiger partial charge in [0.15, 0.2) is 0 Å². The Labute approximate surface area is 138 Å². The van der Waals surface area contributed by atoms with Crippen LogP contribution in [0.3, 0.4) is 0 Å². The van der Waals surface area contributed by atoms with Crippen LogP contribution in [0.1, 0.15) is 5.56 Å². The van der Waals surface area contributed by atoms with Crippen LogP contribution in [0.4, 0.5) is 4.39 Å². The van der Waals surface area contributed by atoms with Gasteiger partial charge in [-0.15, -0.1) is 0 Å². The van der Waals surface area contributed by atoms with E-state index in [2.05, 4.69) is 21.2 Å². The third kappa shape index (κ3) is 2.45. The summed E-state index contributed by atoms with van der Waals surface area (Å²) in [5.41, 5.74) is 10.8. The zero-order chi connectivity index (χ0) is 16.5. The number of nitrogens with zero attached hydrogens (tertiary/aromatic N) is 2. The lowest BCUT2D eigenvalue weighted by Gasteiger charge is -2.10. The van der Waals surface area contributed by atoms with Gasteiger partial charge in [-0.05, 0) is 42.0 Å². The summed E-state index contributed by atoms with van der Waals surface area (Å²) in [6, 6.07) is 14.9. The van der Waals surface area contributed by atoms with E-state index in [0.29, 0.717) is 5.56 Å². The van der Waals surface area contributed by atoms with Crippen molar-refractivity contribution in [3.05, 3.63) is 72.3 Å². The topological polar surface area (TPSA) is 67.6 Å². The lowest BCUT2D eigenvalue weighted by Crippen LogP contribution is -2.00. The average Bonchev–Trinajstić information content (AvgIpc) is 3.10. The minimum absolute atomic E-state index is 0.156. The normalized spacial score (nSPS) is 11.1. The van der Waals surface area contributed by atoms with Crippen LogP contribution in [-0.4, -0.2) is 15.2 Å². The second kappa shape index (κ2) is 5.86. The number of halogens is 1. The summed E-state index contributed by atoms with van der Waals surface area (Å²) in [5.74, 6) is -0.293. The Hall–Kier alpha value is -3.05. The summed E-state index contributed by atoms with van der Waals surface area (Å²) >= 11 is 0. The number of rotatable bonds is 3. The van der Waals surface area contributed by atoms with Crippen LogP contribution < -0.4 is 5.73 Å². The molecule has 4 rings (SSSR count). The Kier molecular flexibility index (Phi) is 3.55. The number of hydrogen-bond donors (Lipinski definition) is 2. The molecule has 0 radical (unpaired) electrons. The van der Waals surface area contributed by atoms with E-state index in [0.717, 1.165) is 33.3 Å². The van der Waals surface area contributed by atoms with Crippen molar-refractivity contribution in [2.24, 2.45) is 5.73 Å². The number of nitrogens with two attached hydrogens (primary N) is 1. The van der Waals surface area contributed by atoms with E-state index in [4.69, 9.17) is 5.73 Å². The molecule has 0 saturated heterocycles. The van der Waals surface area contributed by atoms with Crippen molar-refractivity contribution < 1.29 is 4.39 Å². The van der Waals surface area contributed by atoms with E-state index in [9.17, 15) is 4.39 Å². The molecular weight excluding hydrogens is 303 g/mol. The fraction of sp³-hybridized carbons (Fsp3) is 0.0526. The predicted octanol–water partition coefficient (Wildman–Crippen LogP) is 3.89. The van der Waals surface area contributed by atoms with E-state index in [1.807, 2.05) is 24.3 Å². The number of fused-ring (bicyclic) bond motifs is 1. The van der Waals surface area contributed by atoms with Crippen LogP contribution in [0.5, 0.6) is 0 Å². The first kappa shape index (κ1) is 14.5. The monoisotopic (exact) mass is 318 g/mol. The Balaban J connectivity index is 1.89. The van der Waals surface area contributed by atoms with E-state index in [1.54, 1.807) is 24.5 Å². The van der Waals surface area contributed by atoms with Crippen LogP contribution in [0.25, 0.3) is 33.3 Å². The summed E-state index contributed by atoms with van der Waals surface area (Å²) in [6.45, 7) is 0.156. The molecule has 0 spiro atoms. The van der Waals surface area contributed by atoms with Crippen molar-refractivity contribution in [2.75, 3.05) is 0 Å². The highest BCUT2D eigenvalue weighted by Crippen LogP contribution is 2.32. The third-order valence-corrected chi connectivity index (χ3v) is 4.10. The average molecular weight is 318 g/mol. The van der Waals surface area contributed by atoms with Crippen molar-refractivity contribution in [2.45, 2.75) is 6.54 Å². The SMILES string of the molecule is NCc1cc(-c2ncccc2-c2ccc3[nH]ncc3c2)ccc1F. The fourth-order valence-corrected chi connectivity index (χ4v) is 2.86. The second-order valence-corrected chi connectivity index (χ2v) is 5.58. The smallest absolute Gasteiger partial charge is 0.127 e. The zero-order valence-electron chi connectivity index (χ0n) is 12.8. The van der Waals surface area contributed by atoms with Gasteiger partial charge in [0.1, 0.15) is 5.82 Å². The zero-order valence-corrected chi connectivity index (χ0v) is 12.8. The summed E-state index contributed by atoms with van der Waals surface area (Å²) in [7, 11) is 0. The molecule has 0 atom stereocenters. The van der Waals surface area contributed by atoms with Gasteiger partial charge in [-0.1, -0.05) is 12.1 Å². The minimum atomic E-state index is -0.293. The van der Waals surface area contributed by atoms with Gasteiger partial charge in [0.25, 0.3) is 0 Å². The number of hydrogen-bond acceptors (Lipinski definition) is 3. The molecular formula is C19H15FN4. The number of nitrogens with one attached hydrogen (secondary N) is 1. The molecule has 3 N–H and O–H groups in total. The molecule has 4 nitrogen and oxygen atoms in total. The lowest BCUT2D eigenvalue weighted by atomic mass is 9.97. The molecule has 0 aliphatic heterocycles. The molecule has 0 aliphatic carbocycles. The van der Waals surface area contributed by atoms with E-state index < -0.39 is 0 Å². The highest BCUT2D eigenvalue weighted by molar-refractivity contribution is 5.88. The molecule has 0 bridgehead atoms. The molecule has 0 fully saturated rings. The first-order chi connectivity index (χ1) is 11.8. The van der Waals surface area contributed by atoms with Crippen molar-refractivity contribution >= 4 is 10.9 Å². The molecule has 2 aromatic carbocycles. The third-order valence-electron chi connectivity index (χ3n) is 4.10. The van der Waals surface area contributed by atoms with Crippen LogP contribution in [-0.2, 0) is 6.54 Å². The number of benzene rings is 2. The lowest BCUT2D eigenvalue weighted by molar-refractivity contribution is 0.611. The molecule has 0 aliphatic rings. The maximum atomic E-state index is 13.7. The fourth-order valence-electron chi connectivity index (χ4n) is 2.86. The molecule has 2 aromatic heterocycles. The van der Waals surface area contributed by atoms with Crippen molar-refractivity contribution in [1.82, 2.24) is 15.2 Å². The first-order valence-corrected chi connectivity index (χ1v) is 7.63. The highest BCUT2D eigenvalue weighted by atomic mass is 19.1. The Morgan fingerprint density at radius 3 is 2.79 bits per heavy atom. The standard InChI is InChI=1S/C19H15FN4/c20-17-5-3-13(9-14(17)10-21)19-16(2-1-7-22-19)12-4-6-18-15(8-12)11-23-24-18/h1-9,11H,10,21H2,(H,23,24). The van der Waals surface area contributed by atoms with Gasteiger partial charge in [0.05, 0.1) is 17.4 Å². The van der Waals surface area contributed by atoms with Gasteiger partial charge < -0.3 is 5.73 Å². The summed E-state index contributed by atoms with van der Waals surface area (Å²) in [6.07, 6.45) is 3.53. The van der Waals surface area contributed by atoms with E-state index >= 15 is 0 Å². The van der Waals surface area contributed by atoms with Gasteiger partial charge >= 0.3 is 0 Å². The van der Waals surface area contributed by atoms with Crippen LogP contribution in [0.2, 0.25) is 0 Å². The number of aromatic nitrogens is 3. The number of H-pyrrole nitrogens is 1. The molecule has 2 heterocycles. The van der Waals surface area contributed by atoms with Crippen LogP contribution >= 0.6 is 0 Å². The second-order valence-electron chi connectivity index (χ2n) is 5.58. The van der Waals surface area contributed by atoms with Crippen LogP contribution in [0.15, 0.2) is 60.9 Å². The van der Waals surface area contributed by atoms with Crippen molar-refractivity contribution in [3.63, 3.8) is 0 Å². The molecule has 5 heteroatoms. The van der Waals surface area contributed by atoms with Gasteiger partial charge in [-0.2, -0.15) is 5.10 Å². The van der Waals surface area contributed by atoms with Crippen LogP contribution in [0, 0.1) is 5.82 Å². The summed E-state index contributed by atoms with van der Waals surface area (Å²) in [4.78, 5) is 4.51. The Morgan fingerprint density at radius 1 is 1.04 bits per heavy atom. The Morgan fingerprint density at radius 2 is 1.92 bits per heavy atom. The van der Waals surface area contributed by atoms with Gasteiger partial charge in [-0.25, -0.2) is 4.39 Å². The minimum Gasteiger partial charge on any atom is -0.326 e. The molecule has 0 saturated carbocycles. The van der Waals surface area contributed by atoms with Crippen molar-refractivity contribution in [3.8, 4) is 22.4 Å². The van der Waals surface area contributed by atoms with Crippen molar-refractivity contribution in [1.29, 1.82) is 0 Å². The van der Waals surface area contributed by atoms with E-state index in [-0.39, 0.29) is 12.4 Å². The van der Waals surface area contributed by atoms with E-state index in [1.165, 1.54) is 6.07 Å². The quantitative estimate of drug-likeness (QED) is 0.602. The maximum absolute atomic E-state index is 13.7. The molecule has 4 aromatic rings. The first-order valence-electron chi connectivity index (χ1n) is 7.63. The maximum Gasteiger partial charge on any atom is 0.127 e. The Bertz CT molecular complexity index is 1020. The molecule has 24 heavy (non-hydrogen) atoms. The van der Waals surface area contributed by atoms with Gasteiger partial charge in [-0.3, -0.25) is 10.1 Å². The molecule has 0 unspecified atom stereocenters. The summed E-state index contributed by atoms with van der Waals surface area (Å²) < 4.78 is 13.7. The number of aromatic amines is 1. The summed E-state index contributed by atoms with van der Waals surface area (Å²) in [5, 5.41) is 8.03. The largest absolute Gasteiger partial charge is 0.326 e. The van der Waals surface area contributed by atoms with Gasteiger partial charge in [0, 0.05) is 34.8 Å². The number of pyridine rings is 1. The molecule has 118 valence electrons. The molecule has 0 amide bonds. The van der Waals surface area contributed by atoms with Gasteiger partial charge in [0.2, 0.25) is 0 Å². The highest BCUT2D eigenvalue weighted by Gasteiger charge is 2.11. The predicted molar refractivity (Wildman–Crippen MR) is 92.6 cm³/mol.